The first kappa shape index (κ1) is 37.3. The van der Waals surface area contributed by atoms with Crippen LogP contribution in [0.25, 0.3) is 0 Å². The number of aliphatic carboxylic acids is 2. The topological polar surface area (TPSA) is 160 Å². The summed E-state index contributed by atoms with van der Waals surface area (Å²) in [5.74, 6) is -3.17. The number of hydrogen-bond acceptors (Lipinski definition) is 7. The number of likely N-dealkylation sites (N-methyl/N-ethyl adjacent to an activating group) is 1. The van der Waals surface area contributed by atoms with E-state index in [-0.39, 0.29) is 24.7 Å². The molecule has 1 saturated carbocycles. The van der Waals surface area contributed by atoms with Gasteiger partial charge in [0.15, 0.2) is 0 Å². The van der Waals surface area contributed by atoms with Crippen LogP contribution in [0.3, 0.4) is 0 Å². The van der Waals surface area contributed by atoms with E-state index in [1.165, 1.54) is 37.8 Å². The molecule has 1 spiro atoms. The van der Waals surface area contributed by atoms with Gasteiger partial charge in [-0.1, -0.05) is 36.0 Å². The lowest BCUT2D eigenvalue weighted by Gasteiger charge is -2.40. The van der Waals surface area contributed by atoms with Crippen molar-refractivity contribution in [3.05, 3.63) is 46.0 Å². The molecule has 254 valence electrons. The predicted octanol–water partition coefficient (Wildman–Crippen LogP) is 3.13. The molecule has 14 heteroatoms. The minimum atomic E-state index is -1.26. The van der Waals surface area contributed by atoms with Gasteiger partial charge < -0.3 is 30.6 Å². The summed E-state index contributed by atoms with van der Waals surface area (Å²) >= 11 is 12.2. The Bertz CT molecular complexity index is 1220. The van der Waals surface area contributed by atoms with Crippen molar-refractivity contribution in [1.82, 2.24) is 25.3 Å². The van der Waals surface area contributed by atoms with Gasteiger partial charge in [-0.3, -0.25) is 19.3 Å². The summed E-state index contributed by atoms with van der Waals surface area (Å²) in [7, 11) is 2.12. The molecule has 1 aliphatic carbocycles. The molecule has 0 bridgehead atoms. The van der Waals surface area contributed by atoms with Gasteiger partial charge in [0.25, 0.3) is 5.91 Å². The van der Waals surface area contributed by atoms with Crippen molar-refractivity contribution in [3.8, 4) is 0 Å². The Balaban J connectivity index is 0.000000637. The van der Waals surface area contributed by atoms with Crippen LogP contribution in [0.1, 0.15) is 61.7 Å². The zero-order chi connectivity index (χ0) is 33.7. The van der Waals surface area contributed by atoms with Crippen LogP contribution in [-0.2, 0) is 19.2 Å². The first-order valence-corrected chi connectivity index (χ1v) is 16.5. The van der Waals surface area contributed by atoms with Crippen molar-refractivity contribution >= 4 is 52.9 Å². The Morgan fingerprint density at radius 1 is 0.870 bits per heavy atom. The number of carboxylic acid groups (broad SMARTS) is 2. The molecule has 0 radical (unpaired) electrons. The van der Waals surface area contributed by atoms with E-state index in [2.05, 4.69) is 27.5 Å². The van der Waals surface area contributed by atoms with Gasteiger partial charge in [0.05, 0.1) is 0 Å². The molecular weight excluding hydrogens is 637 g/mol. The summed E-state index contributed by atoms with van der Waals surface area (Å²) in [5.41, 5.74) is 0.678. The van der Waals surface area contributed by atoms with Gasteiger partial charge >= 0.3 is 11.9 Å². The molecule has 1 aromatic carbocycles. The van der Waals surface area contributed by atoms with Crippen molar-refractivity contribution in [3.63, 3.8) is 0 Å². The Kier molecular flexibility index (Phi) is 14.8. The average Bonchev–Trinajstić information content (AvgIpc) is 3.46. The molecule has 12 nitrogen and oxygen atoms in total. The molecule has 46 heavy (non-hydrogen) atoms. The Labute approximate surface area is 280 Å². The van der Waals surface area contributed by atoms with E-state index in [4.69, 9.17) is 33.4 Å². The maximum absolute atomic E-state index is 13.6. The second-order valence-electron chi connectivity index (χ2n) is 12.3. The summed E-state index contributed by atoms with van der Waals surface area (Å²) in [6, 6.07) is 3.82. The number of carbonyl (C=O) groups is 5. The number of nitrogens with zero attached hydrogens (tertiary/aromatic N) is 3. The molecule has 2 heterocycles. The van der Waals surface area contributed by atoms with Crippen molar-refractivity contribution < 1.29 is 34.2 Å². The zero-order valence-corrected chi connectivity index (χ0v) is 27.8. The molecule has 2 aliphatic heterocycles. The lowest BCUT2D eigenvalue weighted by atomic mass is 9.77. The summed E-state index contributed by atoms with van der Waals surface area (Å²) in [6.45, 7) is 6.85. The largest absolute Gasteiger partial charge is 0.478 e. The highest BCUT2D eigenvalue weighted by atomic mass is 35.5. The zero-order valence-electron chi connectivity index (χ0n) is 26.3. The summed E-state index contributed by atoms with van der Waals surface area (Å²) in [5, 5.41) is 22.2. The molecule has 2 saturated heterocycles. The van der Waals surface area contributed by atoms with Gasteiger partial charge in [-0.25, -0.2) is 9.59 Å². The fourth-order valence-corrected chi connectivity index (χ4v) is 6.69. The molecule has 4 N–H and O–H groups in total. The molecule has 3 fully saturated rings. The third-order valence-corrected chi connectivity index (χ3v) is 9.34. The van der Waals surface area contributed by atoms with Gasteiger partial charge in [-0.2, -0.15) is 0 Å². The molecule has 1 atom stereocenters. The van der Waals surface area contributed by atoms with Crippen LogP contribution < -0.4 is 10.6 Å². The van der Waals surface area contributed by atoms with Crippen molar-refractivity contribution in [2.24, 2.45) is 5.41 Å². The third kappa shape index (κ3) is 12.5. The maximum atomic E-state index is 13.6. The van der Waals surface area contributed by atoms with E-state index in [9.17, 15) is 24.0 Å². The summed E-state index contributed by atoms with van der Waals surface area (Å²) in [4.78, 5) is 64.9. The molecular formula is C32H45Cl2N5O7. The second-order valence-corrected chi connectivity index (χ2v) is 13.1. The smallest absolute Gasteiger partial charge is 0.328 e. The molecule has 1 unspecified atom stereocenters. The summed E-state index contributed by atoms with van der Waals surface area (Å²) < 4.78 is 0. The fraction of sp³-hybridized carbons (Fsp3) is 0.594. The minimum absolute atomic E-state index is 0.111. The van der Waals surface area contributed by atoms with E-state index in [0.29, 0.717) is 52.8 Å². The third-order valence-electron chi connectivity index (χ3n) is 8.90. The van der Waals surface area contributed by atoms with E-state index >= 15 is 0 Å². The van der Waals surface area contributed by atoms with E-state index < -0.39 is 23.9 Å². The summed E-state index contributed by atoms with van der Waals surface area (Å²) in [6.07, 6.45) is 8.58. The molecule has 3 aliphatic rings. The van der Waals surface area contributed by atoms with Crippen LogP contribution in [0, 0.1) is 5.41 Å². The van der Waals surface area contributed by atoms with Crippen LogP contribution in [0.2, 0.25) is 10.0 Å². The molecule has 0 aromatic heterocycles. The predicted molar refractivity (Wildman–Crippen MR) is 175 cm³/mol. The van der Waals surface area contributed by atoms with Crippen LogP contribution in [0.4, 0.5) is 0 Å². The number of rotatable bonds is 11. The standard InChI is InChI=1S/C28H41Cl2N5O3.C4H4O4/c1-33-14-16-34(17-15-33)13-10-31-25(36)5-4-24(32-26(37)21-18-22(29)20-23(30)19-21)27(38)35-11-8-28(9-12-35)6-2-3-7-28;5-3(6)1-2-4(7)8/h18-20,24H,2-17H2,1H3,(H,31,36)(H,32,37);1-2H,(H,5,6)(H,7,8)/b;2-1-. The van der Waals surface area contributed by atoms with Crippen LogP contribution in [0.5, 0.6) is 0 Å². The van der Waals surface area contributed by atoms with Crippen molar-refractivity contribution in [2.75, 3.05) is 59.4 Å². The number of carbonyl (C=O) groups excluding carboxylic acids is 3. The maximum Gasteiger partial charge on any atom is 0.328 e. The average molecular weight is 683 g/mol. The highest BCUT2D eigenvalue weighted by Gasteiger charge is 2.39. The first-order chi connectivity index (χ1) is 21.9. The fourth-order valence-electron chi connectivity index (χ4n) is 6.16. The second kappa shape index (κ2) is 18.2. The molecule has 4 rings (SSSR count). The number of piperazine rings is 1. The Morgan fingerprint density at radius 2 is 1.43 bits per heavy atom. The number of hydrogen-bond donors (Lipinski definition) is 4. The highest BCUT2D eigenvalue weighted by molar-refractivity contribution is 6.35. The first-order valence-electron chi connectivity index (χ1n) is 15.7. The highest BCUT2D eigenvalue weighted by Crippen LogP contribution is 2.46. The van der Waals surface area contributed by atoms with Crippen LogP contribution in [0.15, 0.2) is 30.4 Å². The SMILES string of the molecule is CN1CCN(CCNC(=O)CCC(NC(=O)c2cc(Cl)cc(Cl)c2)C(=O)N2CCC3(CCCC3)CC2)CC1.O=C(O)/C=C\C(=O)O. The van der Waals surface area contributed by atoms with Gasteiger partial charge in [-0.05, 0) is 62.8 Å². The minimum Gasteiger partial charge on any atom is -0.478 e. The van der Waals surface area contributed by atoms with E-state index in [0.717, 1.165) is 45.6 Å². The molecule has 1 aromatic rings. The number of piperidine rings is 1. The monoisotopic (exact) mass is 681 g/mol. The van der Waals surface area contributed by atoms with Crippen molar-refractivity contribution in [2.45, 2.75) is 57.4 Å². The normalized spacial score (nSPS) is 18.9. The number of nitrogens with one attached hydrogen (secondary N) is 2. The Hall–Kier alpha value is -3.19. The van der Waals surface area contributed by atoms with Gasteiger partial charge in [-0.15, -0.1) is 0 Å². The number of amides is 3. The number of likely N-dealkylation sites (tertiary alicyclic amines) is 1. The number of benzene rings is 1. The van der Waals surface area contributed by atoms with E-state index in [1.807, 2.05) is 4.90 Å². The quantitative estimate of drug-likeness (QED) is 0.257. The van der Waals surface area contributed by atoms with Gasteiger partial charge in [0.2, 0.25) is 11.8 Å². The van der Waals surface area contributed by atoms with Crippen LogP contribution in [-0.4, -0.2) is 120 Å². The molecule has 3 amide bonds. The van der Waals surface area contributed by atoms with Gasteiger partial charge in [0.1, 0.15) is 6.04 Å². The Morgan fingerprint density at radius 3 is 1.98 bits per heavy atom. The lowest BCUT2D eigenvalue weighted by molar-refractivity contribution is -0.136. The van der Waals surface area contributed by atoms with Crippen molar-refractivity contribution in [1.29, 1.82) is 0 Å². The number of carboxylic acids is 2. The lowest BCUT2D eigenvalue weighted by Crippen LogP contribution is -2.52. The van der Waals surface area contributed by atoms with Crippen LogP contribution >= 0.6 is 23.2 Å². The number of halogens is 2. The van der Waals surface area contributed by atoms with E-state index in [1.54, 1.807) is 6.07 Å². The van der Waals surface area contributed by atoms with Gasteiger partial charge in [0, 0.05) is 86.5 Å².